The van der Waals surface area contributed by atoms with Gasteiger partial charge in [0, 0.05) is 16.8 Å². The Labute approximate surface area is 135 Å². The maximum atomic E-state index is 10.2. The van der Waals surface area contributed by atoms with Crippen LogP contribution in [0.3, 0.4) is 0 Å². The summed E-state index contributed by atoms with van der Waals surface area (Å²) >= 11 is 5.85. The Balaban J connectivity index is 2.32. The van der Waals surface area contributed by atoms with Crippen LogP contribution in [0.15, 0.2) is 54.0 Å². The highest BCUT2D eigenvalue weighted by atomic mass is 35.5. The summed E-state index contributed by atoms with van der Waals surface area (Å²) in [6.07, 6.45) is 4.04. The SMILES string of the molecule is C=CCc1cc(C=Nc2ccc(Cl)cc2)cc(OCC)c1O. The number of hydrogen-bond acceptors (Lipinski definition) is 3. The third-order valence-corrected chi connectivity index (χ3v) is 3.28. The van der Waals surface area contributed by atoms with Crippen molar-refractivity contribution in [2.45, 2.75) is 13.3 Å². The summed E-state index contributed by atoms with van der Waals surface area (Å²) in [5.74, 6) is 0.616. The summed E-state index contributed by atoms with van der Waals surface area (Å²) in [5.41, 5.74) is 2.42. The van der Waals surface area contributed by atoms with Gasteiger partial charge in [0.05, 0.1) is 12.3 Å². The first-order valence-electron chi connectivity index (χ1n) is 7.03. The van der Waals surface area contributed by atoms with Gasteiger partial charge in [0.15, 0.2) is 11.5 Å². The number of aliphatic imine (C=N–C) groups is 1. The number of rotatable bonds is 6. The first-order chi connectivity index (χ1) is 10.6. The molecule has 2 aromatic carbocycles. The van der Waals surface area contributed by atoms with Crippen LogP contribution >= 0.6 is 11.6 Å². The van der Waals surface area contributed by atoms with Gasteiger partial charge in [-0.05, 0) is 55.3 Å². The van der Waals surface area contributed by atoms with Crippen LogP contribution in [0.5, 0.6) is 11.5 Å². The van der Waals surface area contributed by atoms with E-state index in [1.54, 1.807) is 30.5 Å². The van der Waals surface area contributed by atoms with Crippen molar-refractivity contribution in [3.8, 4) is 11.5 Å². The predicted octanol–water partition coefficient (Wildman–Crippen LogP) is 4.92. The Bertz CT molecular complexity index is 678. The van der Waals surface area contributed by atoms with Crippen LogP contribution in [0, 0.1) is 0 Å². The van der Waals surface area contributed by atoms with E-state index in [1.807, 2.05) is 25.1 Å². The number of phenols is 1. The molecule has 0 aliphatic heterocycles. The van der Waals surface area contributed by atoms with Crippen molar-refractivity contribution in [1.29, 1.82) is 0 Å². The lowest BCUT2D eigenvalue weighted by molar-refractivity contribution is 0.317. The fourth-order valence-electron chi connectivity index (χ4n) is 2.02. The number of phenolic OH excluding ortho intramolecular Hbond substituents is 1. The van der Waals surface area contributed by atoms with Crippen LogP contribution in [-0.4, -0.2) is 17.9 Å². The zero-order chi connectivity index (χ0) is 15.9. The quantitative estimate of drug-likeness (QED) is 0.607. The topological polar surface area (TPSA) is 41.8 Å². The summed E-state index contributed by atoms with van der Waals surface area (Å²) in [6, 6.07) is 10.9. The number of hydrogen-bond donors (Lipinski definition) is 1. The Morgan fingerprint density at radius 2 is 2.00 bits per heavy atom. The highest BCUT2D eigenvalue weighted by Crippen LogP contribution is 2.32. The highest BCUT2D eigenvalue weighted by Gasteiger charge is 2.09. The normalized spacial score (nSPS) is 10.8. The van der Waals surface area contributed by atoms with Gasteiger partial charge in [0.2, 0.25) is 0 Å². The molecule has 0 spiro atoms. The van der Waals surface area contributed by atoms with E-state index in [9.17, 15) is 5.11 Å². The fourth-order valence-corrected chi connectivity index (χ4v) is 2.14. The van der Waals surface area contributed by atoms with Crippen LogP contribution in [0.1, 0.15) is 18.1 Å². The molecule has 0 saturated carbocycles. The molecule has 4 heteroatoms. The van der Waals surface area contributed by atoms with Gasteiger partial charge >= 0.3 is 0 Å². The first kappa shape index (κ1) is 16.1. The highest BCUT2D eigenvalue weighted by molar-refractivity contribution is 6.30. The van der Waals surface area contributed by atoms with Crippen molar-refractivity contribution in [3.63, 3.8) is 0 Å². The van der Waals surface area contributed by atoms with E-state index in [2.05, 4.69) is 11.6 Å². The molecular weight excluding hydrogens is 298 g/mol. The van der Waals surface area contributed by atoms with Crippen LogP contribution in [0.4, 0.5) is 5.69 Å². The number of aromatic hydroxyl groups is 1. The van der Waals surface area contributed by atoms with Crippen molar-refractivity contribution in [3.05, 3.63) is 65.2 Å². The summed E-state index contributed by atoms with van der Waals surface area (Å²) in [5, 5.41) is 10.8. The molecule has 0 unspecified atom stereocenters. The van der Waals surface area contributed by atoms with Gasteiger partial charge in [0.25, 0.3) is 0 Å². The van der Waals surface area contributed by atoms with Crippen LogP contribution < -0.4 is 4.74 Å². The predicted molar refractivity (Wildman–Crippen MR) is 91.9 cm³/mol. The largest absolute Gasteiger partial charge is 0.504 e. The monoisotopic (exact) mass is 315 g/mol. The third-order valence-electron chi connectivity index (χ3n) is 3.03. The van der Waals surface area contributed by atoms with Crippen LogP contribution in [-0.2, 0) is 6.42 Å². The van der Waals surface area contributed by atoms with Gasteiger partial charge in [-0.3, -0.25) is 4.99 Å². The number of benzene rings is 2. The summed E-state index contributed by atoms with van der Waals surface area (Å²) in [4.78, 5) is 4.40. The second-order valence-corrected chi connectivity index (χ2v) is 5.12. The smallest absolute Gasteiger partial charge is 0.161 e. The van der Waals surface area contributed by atoms with E-state index in [1.165, 1.54) is 0 Å². The van der Waals surface area contributed by atoms with E-state index in [4.69, 9.17) is 16.3 Å². The molecule has 0 heterocycles. The second kappa shape index (κ2) is 7.66. The molecule has 2 aromatic rings. The van der Waals surface area contributed by atoms with E-state index >= 15 is 0 Å². The van der Waals surface area contributed by atoms with Crippen molar-refractivity contribution in [1.82, 2.24) is 0 Å². The minimum atomic E-state index is 0.158. The van der Waals surface area contributed by atoms with Gasteiger partial charge in [0.1, 0.15) is 0 Å². The van der Waals surface area contributed by atoms with Gasteiger partial charge in [-0.2, -0.15) is 0 Å². The third kappa shape index (κ3) is 4.12. The Morgan fingerprint density at radius 1 is 1.27 bits per heavy atom. The minimum absolute atomic E-state index is 0.158. The van der Waals surface area contributed by atoms with E-state index in [0.717, 1.165) is 16.8 Å². The molecule has 3 nitrogen and oxygen atoms in total. The second-order valence-electron chi connectivity index (χ2n) is 4.69. The number of ether oxygens (including phenoxy) is 1. The molecule has 0 saturated heterocycles. The number of halogens is 1. The standard InChI is InChI=1S/C18H18ClNO2/c1-3-5-14-10-13(11-17(18(14)21)22-4-2)12-20-16-8-6-15(19)7-9-16/h3,6-12,21H,1,4-5H2,2H3. The first-order valence-corrected chi connectivity index (χ1v) is 7.41. The lowest BCUT2D eigenvalue weighted by Crippen LogP contribution is -1.96. The zero-order valence-corrected chi connectivity index (χ0v) is 13.2. The van der Waals surface area contributed by atoms with Crippen molar-refractivity contribution < 1.29 is 9.84 Å². The number of allylic oxidation sites excluding steroid dienone is 1. The average molecular weight is 316 g/mol. The van der Waals surface area contributed by atoms with Crippen LogP contribution in [0.2, 0.25) is 5.02 Å². The molecule has 0 aliphatic carbocycles. The van der Waals surface area contributed by atoms with Crippen molar-refractivity contribution in [2.75, 3.05) is 6.61 Å². The summed E-state index contributed by atoms with van der Waals surface area (Å²) in [7, 11) is 0. The maximum Gasteiger partial charge on any atom is 0.161 e. The Kier molecular flexibility index (Phi) is 5.61. The lowest BCUT2D eigenvalue weighted by Gasteiger charge is -2.10. The molecule has 1 N–H and O–H groups in total. The van der Waals surface area contributed by atoms with E-state index in [0.29, 0.717) is 23.8 Å². The maximum absolute atomic E-state index is 10.2. The molecule has 0 amide bonds. The van der Waals surface area contributed by atoms with Crippen molar-refractivity contribution in [2.24, 2.45) is 4.99 Å². The molecule has 2 rings (SSSR count). The molecule has 0 bridgehead atoms. The minimum Gasteiger partial charge on any atom is -0.504 e. The van der Waals surface area contributed by atoms with Gasteiger partial charge in [-0.25, -0.2) is 0 Å². The molecular formula is C18H18ClNO2. The molecule has 0 atom stereocenters. The van der Waals surface area contributed by atoms with Gasteiger partial charge in [-0.1, -0.05) is 17.7 Å². The lowest BCUT2D eigenvalue weighted by atomic mass is 10.1. The fraction of sp³-hybridized carbons (Fsp3) is 0.167. The molecule has 0 fully saturated rings. The molecule has 0 aromatic heterocycles. The Hall–Kier alpha value is -2.26. The molecule has 0 radical (unpaired) electrons. The van der Waals surface area contributed by atoms with E-state index < -0.39 is 0 Å². The summed E-state index contributed by atoms with van der Waals surface area (Å²) < 4.78 is 5.47. The van der Waals surface area contributed by atoms with Crippen molar-refractivity contribution >= 4 is 23.5 Å². The average Bonchev–Trinajstić information content (AvgIpc) is 2.51. The Morgan fingerprint density at radius 3 is 2.64 bits per heavy atom. The van der Waals surface area contributed by atoms with Crippen LogP contribution in [0.25, 0.3) is 0 Å². The molecule has 22 heavy (non-hydrogen) atoms. The molecule has 0 aliphatic rings. The van der Waals surface area contributed by atoms with Gasteiger partial charge in [-0.15, -0.1) is 6.58 Å². The molecule has 114 valence electrons. The summed E-state index contributed by atoms with van der Waals surface area (Å²) in [6.45, 7) is 6.07. The van der Waals surface area contributed by atoms with Gasteiger partial charge < -0.3 is 9.84 Å². The van der Waals surface area contributed by atoms with E-state index in [-0.39, 0.29) is 5.75 Å². The zero-order valence-electron chi connectivity index (χ0n) is 12.4. The number of nitrogens with zero attached hydrogens (tertiary/aromatic N) is 1.